The molecule has 22 heavy (non-hydrogen) atoms. The molecule has 0 fully saturated rings. The van der Waals surface area contributed by atoms with Gasteiger partial charge < -0.3 is 14.4 Å². The average molecular weight is 297 g/mol. The van der Waals surface area contributed by atoms with Crippen LogP contribution in [0.25, 0.3) is 11.4 Å². The molecule has 0 aliphatic heterocycles. The molecule has 0 atom stereocenters. The molecule has 0 bridgehead atoms. The monoisotopic (exact) mass is 297 g/mol. The molecule has 0 saturated heterocycles. The van der Waals surface area contributed by atoms with E-state index in [0.29, 0.717) is 24.0 Å². The van der Waals surface area contributed by atoms with Crippen LogP contribution in [0.4, 0.5) is 0 Å². The number of phenols is 1. The molecule has 0 saturated carbocycles. The van der Waals surface area contributed by atoms with Crippen LogP contribution in [-0.2, 0) is 12.8 Å². The fourth-order valence-corrected chi connectivity index (χ4v) is 2.02. The second kappa shape index (κ2) is 6.26. The topological polar surface area (TPSA) is 81.3 Å². The maximum Gasteiger partial charge on any atom is 0.227 e. The van der Waals surface area contributed by atoms with E-state index in [2.05, 4.69) is 15.1 Å². The predicted octanol–water partition coefficient (Wildman–Crippen LogP) is 2.63. The number of hydrogen-bond acceptors (Lipinski definition) is 6. The molecular weight excluding hydrogens is 282 g/mol. The zero-order valence-corrected chi connectivity index (χ0v) is 12.1. The summed E-state index contributed by atoms with van der Waals surface area (Å²) in [7, 11) is 1.57. The minimum atomic E-state index is 0.260. The van der Waals surface area contributed by atoms with Crippen molar-refractivity contribution in [3.63, 3.8) is 0 Å². The minimum Gasteiger partial charge on any atom is -0.508 e. The van der Waals surface area contributed by atoms with Gasteiger partial charge in [-0.05, 0) is 30.2 Å². The summed E-state index contributed by atoms with van der Waals surface area (Å²) in [5.41, 5.74) is 1.88. The molecule has 1 N–H and O–H groups in total. The summed E-state index contributed by atoms with van der Waals surface area (Å²) >= 11 is 0. The lowest BCUT2D eigenvalue weighted by atomic mass is 10.1. The van der Waals surface area contributed by atoms with E-state index in [1.54, 1.807) is 31.5 Å². The van der Waals surface area contributed by atoms with Crippen LogP contribution in [0, 0.1) is 0 Å². The number of pyridine rings is 1. The number of aromatic hydroxyl groups is 1. The summed E-state index contributed by atoms with van der Waals surface area (Å²) in [5.74, 6) is 1.88. The smallest absolute Gasteiger partial charge is 0.227 e. The van der Waals surface area contributed by atoms with Crippen molar-refractivity contribution < 1.29 is 14.4 Å². The number of aromatic nitrogens is 3. The van der Waals surface area contributed by atoms with E-state index < -0.39 is 0 Å². The highest BCUT2D eigenvalue weighted by atomic mass is 16.5. The van der Waals surface area contributed by atoms with Crippen molar-refractivity contribution in [2.24, 2.45) is 0 Å². The number of benzene rings is 1. The van der Waals surface area contributed by atoms with Gasteiger partial charge in [-0.1, -0.05) is 17.3 Å². The fraction of sp³-hybridized carbons (Fsp3) is 0.188. The number of phenolic OH excluding ortho intramolecular Hbond substituents is 1. The van der Waals surface area contributed by atoms with E-state index in [0.717, 1.165) is 17.5 Å². The molecule has 112 valence electrons. The average Bonchev–Trinajstić information content (AvgIpc) is 3.03. The number of nitrogens with zero attached hydrogens (tertiary/aromatic N) is 3. The van der Waals surface area contributed by atoms with Gasteiger partial charge in [0, 0.05) is 24.2 Å². The highest BCUT2D eigenvalue weighted by Gasteiger charge is 2.09. The molecule has 2 heterocycles. The van der Waals surface area contributed by atoms with Crippen LogP contribution < -0.4 is 4.74 Å². The summed E-state index contributed by atoms with van der Waals surface area (Å²) in [6.45, 7) is 0. The Morgan fingerprint density at radius 3 is 2.59 bits per heavy atom. The second-order valence-corrected chi connectivity index (χ2v) is 4.77. The lowest BCUT2D eigenvalue weighted by Gasteiger charge is -1.98. The van der Waals surface area contributed by atoms with Gasteiger partial charge in [-0.3, -0.25) is 0 Å². The van der Waals surface area contributed by atoms with Crippen LogP contribution in [0.2, 0.25) is 0 Å². The lowest BCUT2D eigenvalue weighted by molar-refractivity contribution is 0.378. The Balaban J connectivity index is 1.66. The Labute approximate surface area is 127 Å². The summed E-state index contributed by atoms with van der Waals surface area (Å²) in [4.78, 5) is 8.48. The molecule has 0 aliphatic carbocycles. The highest BCUT2D eigenvalue weighted by Crippen LogP contribution is 2.18. The van der Waals surface area contributed by atoms with E-state index >= 15 is 0 Å². The van der Waals surface area contributed by atoms with Crippen LogP contribution >= 0.6 is 0 Å². The maximum atomic E-state index is 9.25. The van der Waals surface area contributed by atoms with Crippen molar-refractivity contribution in [2.45, 2.75) is 12.8 Å². The predicted molar refractivity (Wildman–Crippen MR) is 79.6 cm³/mol. The lowest BCUT2D eigenvalue weighted by Crippen LogP contribution is -1.92. The first kappa shape index (κ1) is 14.1. The van der Waals surface area contributed by atoms with Crippen molar-refractivity contribution >= 4 is 0 Å². The maximum absolute atomic E-state index is 9.25. The van der Waals surface area contributed by atoms with Gasteiger partial charge in [-0.25, -0.2) is 4.98 Å². The van der Waals surface area contributed by atoms with Crippen molar-refractivity contribution in [2.75, 3.05) is 7.11 Å². The standard InChI is InChI=1S/C16H15N3O3/c1-21-14-9-5-12(10-17-14)16-18-15(22-19-16)8-4-11-2-6-13(20)7-3-11/h2-3,5-7,9-10,20H,4,8H2,1H3. The first-order valence-corrected chi connectivity index (χ1v) is 6.85. The van der Waals surface area contributed by atoms with E-state index in [9.17, 15) is 5.11 Å². The zero-order valence-electron chi connectivity index (χ0n) is 12.1. The van der Waals surface area contributed by atoms with Gasteiger partial charge in [0.05, 0.1) is 7.11 Å². The molecule has 6 heteroatoms. The molecule has 0 unspecified atom stereocenters. The Kier molecular flexibility index (Phi) is 4.00. The summed E-state index contributed by atoms with van der Waals surface area (Å²) in [6, 6.07) is 10.7. The van der Waals surface area contributed by atoms with Crippen molar-refractivity contribution in [3.8, 4) is 23.0 Å². The van der Waals surface area contributed by atoms with E-state index in [4.69, 9.17) is 9.26 Å². The molecule has 0 radical (unpaired) electrons. The third-order valence-electron chi connectivity index (χ3n) is 3.24. The van der Waals surface area contributed by atoms with Crippen LogP contribution in [0.15, 0.2) is 47.1 Å². The van der Waals surface area contributed by atoms with Gasteiger partial charge in [0.1, 0.15) is 5.75 Å². The first-order valence-electron chi connectivity index (χ1n) is 6.85. The van der Waals surface area contributed by atoms with Crippen molar-refractivity contribution in [1.82, 2.24) is 15.1 Å². The number of ether oxygens (including phenoxy) is 1. The molecule has 1 aromatic carbocycles. The third kappa shape index (κ3) is 3.22. The molecule has 0 aliphatic rings. The third-order valence-corrected chi connectivity index (χ3v) is 3.24. The molecule has 3 rings (SSSR count). The molecule has 0 amide bonds. The number of aryl methyl sites for hydroxylation is 2. The quantitative estimate of drug-likeness (QED) is 0.779. The molecular formula is C16H15N3O3. The first-order chi connectivity index (χ1) is 10.7. The number of rotatable bonds is 5. The Morgan fingerprint density at radius 2 is 1.91 bits per heavy atom. The second-order valence-electron chi connectivity index (χ2n) is 4.77. The van der Waals surface area contributed by atoms with Gasteiger partial charge in [-0.15, -0.1) is 0 Å². The van der Waals surface area contributed by atoms with Gasteiger partial charge in [0.15, 0.2) is 0 Å². The van der Waals surface area contributed by atoms with E-state index in [-0.39, 0.29) is 5.75 Å². The normalized spacial score (nSPS) is 10.6. The van der Waals surface area contributed by atoms with Crippen LogP contribution in [0.3, 0.4) is 0 Å². The Bertz CT molecular complexity index is 736. The van der Waals surface area contributed by atoms with Crippen LogP contribution in [0.1, 0.15) is 11.5 Å². The van der Waals surface area contributed by atoms with Crippen LogP contribution in [0.5, 0.6) is 11.6 Å². The minimum absolute atomic E-state index is 0.260. The summed E-state index contributed by atoms with van der Waals surface area (Å²) in [6.07, 6.45) is 3.05. The van der Waals surface area contributed by atoms with Crippen LogP contribution in [-0.4, -0.2) is 27.3 Å². The largest absolute Gasteiger partial charge is 0.508 e. The number of methoxy groups -OCH3 is 1. The van der Waals surface area contributed by atoms with E-state index in [1.807, 2.05) is 18.2 Å². The Hall–Kier alpha value is -2.89. The molecule has 2 aromatic heterocycles. The van der Waals surface area contributed by atoms with Gasteiger partial charge >= 0.3 is 0 Å². The summed E-state index contributed by atoms with van der Waals surface area (Å²) in [5, 5.41) is 13.2. The van der Waals surface area contributed by atoms with Gasteiger partial charge in [0.2, 0.25) is 17.6 Å². The zero-order chi connectivity index (χ0) is 15.4. The highest BCUT2D eigenvalue weighted by molar-refractivity contribution is 5.53. The van der Waals surface area contributed by atoms with Crippen molar-refractivity contribution in [1.29, 1.82) is 0 Å². The van der Waals surface area contributed by atoms with E-state index in [1.165, 1.54) is 0 Å². The van der Waals surface area contributed by atoms with Gasteiger partial charge in [-0.2, -0.15) is 4.98 Å². The summed E-state index contributed by atoms with van der Waals surface area (Å²) < 4.78 is 10.3. The SMILES string of the molecule is COc1ccc(-c2noc(CCc3ccc(O)cc3)n2)cn1. The number of hydrogen-bond donors (Lipinski definition) is 1. The fourth-order valence-electron chi connectivity index (χ4n) is 2.02. The molecule has 0 spiro atoms. The van der Waals surface area contributed by atoms with Gasteiger partial charge in [0.25, 0.3) is 0 Å². The van der Waals surface area contributed by atoms with Crippen molar-refractivity contribution in [3.05, 3.63) is 54.0 Å². The Morgan fingerprint density at radius 1 is 1.09 bits per heavy atom. The molecule has 3 aromatic rings. The molecule has 6 nitrogen and oxygen atoms in total.